The largest absolute Gasteiger partial charge is 0.491 e. The molecule has 5 nitrogen and oxygen atoms in total. The van der Waals surface area contributed by atoms with Crippen molar-refractivity contribution >= 4 is 5.78 Å². The number of ketones is 1. The van der Waals surface area contributed by atoms with Crippen LogP contribution in [0.1, 0.15) is 24.2 Å². The molecule has 0 aliphatic carbocycles. The summed E-state index contributed by atoms with van der Waals surface area (Å²) in [5.41, 5.74) is -0.249. The van der Waals surface area contributed by atoms with Gasteiger partial charge in [-0.1, -0.05) is 0 Å². The molecule has 0 unspecified atom stereocenters. The molecule has 20 heavy (non-hydrogen) atoms. The normalized spacial score (nSPS) is 11.4. The van der Waals surface area contributed by atoms with E-state index in [-0.39, 0.29) is 12.4 Å². The number of carbonyl (C=O) groups is 1. The van der Waals surface area contributed by atoms with E-state index in [0.29, 0.717) is 31.1 Å². The number of carbonyl (C=O) groups excluding carboxylic acids is 1. The van der Waals surface area contributed by atoms with E-state index in [1.165, 1.54) is 7.11 Å². The Bertz CT molecular complexity index is 411. The standard InChI is InChI=1S/C15H22O5/c1-15(2,18-3)14(17)12-4-6-13(7-5-12)20-11-10-19-9-8-16/h4-7,16H,8-11H2,1-3H3. The maximum atomic E-state index is 12.1. The van der Waals surface area contributed by atoms with Crippen LogP contribution in [-0.4, -0.2) is 50.0 Å². The van der Waals surface area contributed by atoms with Gasteiger partial charge in [-0.2, -0.15) is 0 Å². The lowest BCUT2D eigenvalue weighted by Crippen LogP contribution is -2.33. The first-order chi connectivity index (χ1) is 9.51. The molecule has 0 saturated heterocycles. The average Bonchev–Trinajstić information content (AvgIpc) is 2.47. The van der Waals surface area contributed by atoms with Gasteiger partial charge in [-0.15, -0.1) is 0 Å². The maximum absolute atomic E-state index is 12.1. The lowest BCUT2D eigenvalue weighted by atomic mass is 9.96. The molecule has 1 aromatic carbocycles. The van der Waals surface area contributed by atoms with Crippen LogP contribution in [0.25, 0.3) is 0 Å². The summed E-state index contributed by atoms with van der Waals surface area (Å²) in [6.07, 6.45) is 0. The zero-order valence-electron chi connectivity index (χ0n) is 12.2. The molecule has 0 radical (unpaired) electrons. The number of hydrogen-bond donors (Lipinski definition) is 1. The Morgan fingerprint density at radius 3 is 2.35 bits per heavy atom. The fourth-order valence-electron chi connectivity index (χ4n) is 1.53. The van der Waals surface area contributed by atoms with Crippen molar-refractivity contribution in [2.75, 3.05) is 33.5 Å². The van der Waals surface area contributed by atoms with Crippen LogP contribution in [0.2, 0.25) is 0 Å². The summed E-state index contributed by atoms with van der Waals surface area (Å²) in [5, 5.41) is 8.54. The second-order valence-corrected chi connectivity index (χ2v) is 4.75. The average molecular weight is 282 g/mol. The topological polar surface area (TPSA) is 65.0 Å². The second-order valence-electron chi connectivity index (χ2n) is 4.75. The molecule has 0 aliphatic heterocycles. The SMILES string of the molecule is COC(C)(C)C(=O)c1ccc(OCCOCCO)cc1. The first kappa shape index (κ1) is 16.6. The quantitative estimate of drug-likeness (QED) is 0.551. The van der Waals surface area contributed by atoms with Gasteiger partial charge in [0.05, 0.1) is 19.8 Å². The minimum atomic E-state index is -0.833. The van der Waals surface area contributed by atoms with Crippen molar-refractivity contribution in [1.82, 2.24) is 0 Å². The summed E-state index contributed by atoms with van der Waals surface area (Å²) in [4.78, 5) is 12.1. The van der Waals surface area contributed by atoms with Gasteiger partial charge in [-0.3, -0.25) is 4.79 Å². The number of benzene rings is 1. The Labute approximate surface area is 119 Å². The molecule has 0 amide bonds. The van der Waals surface area contributed by atoms with Crippen LogP contribution in [0.3, 0.4) is 0 Å². The molecule has 0 heterocycles. The molecule has 0 spiro atoms. The zero-order chi connectivity index (χ0) is 15.0. The Balaban J connectivity index is 2.50. The maximum Gasteiger partial charge on any atom is 0.194 e. The fraction of sp³-hybridized carbons (Fsp3) is 0.533. The summed E-state index contributed by atoms with van der Waals surface area (Å²) in [7, 11) is 1.52. The van der Waals surface area contributed by atoms with E-state index in [1.54, 1.807) is 38.1 Å². The predicted octanol–water partition coefficient (Wildman–Crippen LogP) is 1.68. The van der Waals surface area contributed by atoms with Crippen molar-refractivity contribution in [1.29, 1.82) is 0 Å². The summed E-state index contributed by atoms with van der Waals surface area (Å²) in [6, 6.07) is 6.91. The molecule has 5 heteroatoms. The third-order valence-electron chi connectivity index (χ3n) is 2.91. The van der Waals surface area contributed by atoms with Crippen LogP contribution in [0.5, 0.6) is 5.75 Å². The summed E-state index contributed by atoms with van der Waals surface area (Å²) in [6.45, 7) is 4.60. The Hall–Kier alpha value is -1.43. The third kappa shape index (κ3) is 4.92. The highest BCUT2D eigenvalue weighted by molar-refractivity contribution is 6.02. The molecule has 0 aliphatic rings. The van der Waals surface area contributed by atoms with Crippen molar-refractivity contribution < 1.29 is 24.1 Å². The summed E-state index contributed by atoms with van der Waals surface area (Å²) >= 11 is 0. The first-order valence-corrected chi connectivity index (χ1v) is 6.52. The van der Waals surface area contributed by atoms with Crippen molar-refractivity contribution in [3.63, 3.8) is 0 Å². The molecular weight excluding hydrogens is 260 g/mol. The van der Waals surface area contributed by atoms with Crippen LogP contribution in [0, 0.1) is 0 Å². The first-order valence-electron chi connectivity index (χ1n) is 6.52. The van der Waals surface area contributed by atoms with E-state index in [0.717, 1.165) is 0 Å². The van der Waals surface area contributed by atoms with Gasteiger partial charge < -0.3 is 19.3 Å². The molecular formula is C15H22O5. The number of methoxy groups -OCH3 is 1. The van der Waals surface area contributed by atoms with Crippen LogP contribution in [-0.2, 0) is 9.47 Å². The Morgan fingerprint density at radius 2 is 1.80 bits per heavy atom. The van der Waals surface area contributed by atoms with Crippen LogP contribution in [0.4, 0.5) is 0 Å². The zero-order valence-corrected chi connectivity index (χ0v) is 12.2. The third-order valence-corrected chi connectivity index (χ3v) is 2.91. The minimum absolute atomic E-state index is 0.00605. The monoisotopic (exact) mass is 282 g/mol. The molecule has 0 fully saturated rings. The lowest BCUT2D eigenvalue weighted by molar-refractivity contribution is 0.0228. The van der Waals surface area contributed by atoms with Crippen molar-refractivity contribution in [2.45, 2.75) is 19.4 Å². The molecule has 1 N–H and O–H groups in total. The van der Waals surface area contributed by atoms with Gasteiger partial charge in [-0.25, -0.2) is 0 Å². The number of rotatable bonds is 9. The summed E-state index contributed by atoms with van der Waals surface area (Å²) < 4.78 is 15.7. The van der Waals surface area contributed by atoms with Crippen molar-refractivity contribution in [2.24, 2.45) is 0 Å². The molecule has 1 aromatic rings. The van der Waals surface area contributed by atoms with E-state index < -0.39 is 5.60 Å². The van der Waals surface area contributed by atoms with E-state index in [9.17, 15) is 4.79 Å². The van der Waals surface area contributed by atoms with Crippen molar-refractivity contribution in [3.05, 3.63) is 29.8 Å². The smallest absolute Gasteiger partial charge is 0.194 e. The number of hydrogen-bond acceptors (Lipinski definition) is 5. The molecule has 0 saturated carbocycles. The Kier molecular flexibility index (Phi) is 6.64. The summed E-state index contributed by atoms with van der Waals surface area (Å²) in [5.74, 6) is 0.599. The van der Waals surface area contributed by atoms with E-state index in [4.69, 9.17) is 19.3 Å². The molecule has 112 valence electrons. The van der Waals surface area contributed by atoms with Crippen LogP contribution in [0.15, 0.2) is 24.3 Å². The van der Waals surface area contributed by atoms with Crippen LogP contribution >= 0.6 is 0 Å². The number of ether oxygens (including phenoxy) is 3. The lowest BCUT2D eigenvalue weighted by Gasteiger charge is -2.21. The second kappa shape index (κ2) is 7.99. The number of Topliss-reactive ketones (excluding diaryl/α,β-unsaturated/α-hetero) is 1. The van der Waals surface area contributed by atoms with Gasteiger partial charge in [0.25, 0.3) is 0 Å². The van der Waals surface area contributed by atoms with E-state index >= 15 is 0 Å². The van der Waals surface area contributed by atoms with Gasteiger partial charge in [0, 0.05) is 12.7 Å². The van der Waals surface area contributed by atoms with Gasteiger partial charge in [-0.05, 0) is 38.1 Å². The molecule has 1 rings (SSSR count). The Morgan fingerprint density at radius 1 is 1.15 bits per heavy atom. The van der Waals surface area contributed by atoms with Crippen LogP contribution < -0.4 is 4.74 Å². The highest BCUT2D eigenvalue weighted by Gasteiger charge is 2.27. The number of aliphatic hydroxyl groups excluding tert-OH is 1. The molecule has 0 aromatic heterocycles. The van der Waals surface area contributed by atoms with Gasteiger partial charge in [0.1, 0.15) is 18.0 Å². The highest BCUT2D eigenvalue weighted by Crippen LogP contribution is 2.19. The van der Waals surface area contributed by atoms with Gasteiger partial charge in [0.2, 0.25) is 0 Å². The molecule has 0 bridgehead atoms. The fourth-order valence-corrected chi connectivity index (χ4v) is 1.53. The van der Waals surface area contributed by atoms with E-state index in [1.807, 2.05) is 0 Å². The van der Waals surface area contributed by atoms with Gasteiger partial charge in [0.15, 0.2) is 5.78 Å². The highest BCUT2D eigenvalue weighted by atomic mass is 16.5. The van der Waals surface area contributed by atoms with Gasteiger partial charge >= 0.3 is 0 Å². The molecule has 0 atom stereocenters. The van der Waals surface area contributed by atoms with Crippen molar-refractivity contribution in [3.8, 4) is 5.75 Å². The number of aliphatic hydroxyl groups is 1. The van der Waals surface area contributed by atoms with E-state index in [2.05, 4.69) is 0 Å². The minimum Gasteiger partial charge on any atom is -0.491 e. The predicted molar refractivity (Wildman–Crippen MR) is 75.3 cm³/mol.